The number of nitrogens with one attached hydrogen (secondary N) is 1. The van der Waals surface area contributed by atoms with E-state index in [2.05, 4.69) is 15.3 Å². The Morgan fingerprint density at radius 1 is 1.05 bits per heavy atom. The maximum atomic E-state index is 6.01. The molecule has 0 aliphatic carbocycles. The molecule has 21 heavy (non-hydrogen) atoms. The van der Waals surface area contributed by atoms with Crippen molar-refractivity contribution in [2.45, 2.75) is 57.2 Å². The van der Waals surface area contributed by atoms with Crippen LogP contribution in [0.15, 0.2) is 0 Å². The molecule has 5 heteroatoms. The smallest absolute Gasteiger partial charge is 0.122 e. The molecule has 3 fully saturated rings. The second-order valence-corrected chi connectivity index (χ2v) is 6.58. The van der Waals surface area contributed by atoms with E-state index in [-0.39, 0.29) is 6.23 Å². The summed E-state index contributed by atoms with van der Waals surface area (Å²) in [5, 5.41) is 2.41. The van der Waals surface area contributed by atoms with Crippen LogP contribution in [-0.2, 0) is 9.47 Å². The molecular weight excluding hydrogens is 266 g/mol. The monoisotopic (exact) mass is 297 g/mol. The van der Waals surface area contributed by atoms with Crippen molar-refractivity contribution in [3.63, 3.8) is 0 Å². The number of piperidine rings is 1. The number of fused-ring (bicyclic) bond motifs is 1. The van der Waals surface area contributed by atoms with Gasteiger partial charge in [0.25, 0.3) is 0 Å². The van der Waals surface area contributed by atoms with Crippen LogP contribution in [0, 0.1) is 0 Å². The van der Waals surface area contributed by atoms with Crippen LogP contribution in [0.3, 0.4) is 0 Å². The van der Waals surface area contributed by atoms with E-state index in [0.29, 0.717) is 0 Å². The minimum atomic E-state index is 0.264. The molecule has 0 saturated carbocycles. The first-order valence-corrected chi connectivity index (χ1v) is 8.86. The number of nitrogens with zero attached hydrogens (tertiary/aromatic N) is 2. The molecule has 0 spiro atoms. The lowest BCUT2D eigenvalue weighted by Gasteiger charge is -2.28. The van der Waals surface area contributed by atoms with Crippen LogP contribution in [-0.4, -0.2) is 68.2 Å². The molecule has 5 nitrogen and oxygen atoms in total. The Labute approximate surface area is 128 Å². The van der Waals surface area contributed by atoms with Crippen LogP contribution in [0.25, 0.3) is 0 Å². The third-order valence-electron chi connectivity index (χ3n) is 4.93. The van der Waals surface area contributed by atoms with Crippen molar-refractivity contribution in [3.05, 3.63) is 0 Å². The molecule has 0 aromatic heterocycles. The fourth-order valence-corrected chi connectivity index (χ4v) is 3.69. The highest BCUT2D eigenvalue weighted by Gasteiger charge is 2.33. The lowest BCUT2D eigenvalue weighted by molar-refractivity contribution is 0.0125. The van der Waals surface area contributed by atoms with Crippen LogP contribution < -0.4 is 5.43 Å². The highest BCUT2D eigenvalue weighted by atomic mass is 16.5. The van der Waals surface area contributed by atoms with Gasteiger partial charge in [0.2, 0.25) is 0 Å². The Morgan fingerprint density at radius 2 is 2.05 bits per heavy atom. The van der Waals surface area contributed by atoms with E-state index in [0.717, 1.165) is 32.4 Å². The van der Waals surface area contributed by atoms with Gasteiger partial charge < -0.3 is 14.4 Å². The predicted molar refractivity (Wildman–Crippen MR) is 82.9 cm³/mol. The van der Waals surface area contributed by atoms with Crippen molar-refractivity contribution in [1.29, 1.82) is 0 Å². The second-order valence-electron chi connectivity index (χ2n) is 6.58. The number of hydrogen-bond donors (Lipinski definition) is 1. The van der Waals surface area contributed by atoms with Gasteiger partial charge in [-0.1, -0.05) is 6.42 Å². The van der Waals surface area contributed by atoms with Gasteiger partial charge in [-0.3, -0.25) is 0 Å². The molecule has 2 unspecified atom stereocenters. The maximum Gasteiger partial charge on any atom is 0.122 e. The first kappa shape index (κ1) is 15.7. The summed E-state index contributed by atoms with van der Waals surface area (Å²) in [4.78, 5) is 2.53. The summed E-state index contributed by atoms with van der Waals surface area (Å²) in [7, 11) is 0. The SMILES string of the molecule is C(CCN1CCCOCC1)COC1CC2CCCCN2N1. The van der Waals surface area contributed by atoms with Crippen LogP contribution in [0.2, 0.25) is 0 Å². The van der Waals surface area contributed by atoms with Crippen LogP contribution in [0.5, 0.6) is 0 Å². The Morgan fingerprint density at radius 3 is 3.00 bits per heavy atom. The molecule has 0 bridgehead atoms. The highest BCUT2D eigenvalue weighted by Crippen LogP contribution is 2.25. The summed E-state index contributed by atoms with van der Waals surface area (Å²) in [5.41, 5.74) is 3.53. The Bertz CT molecular complexity index is 281. The van der Waals surface area contributed by atoms with Crippen LogP contribution >= 0.6 is 0 Å². The van der Waals surface area contributed by atoms with Gasteiger partial charge in [-0.25, -0.2) is 10.4 Å². The fourth-order valence-electron chi connectivity index (χ4n) is 3.69. The molecule has 0 aromatic rings. The first-order valence-electron chi connectivity index (χ1n) is 8.86. The Balaban J connectivity index is 1.23. The number of ether oxygens (including phenoxy) is 2. The molecule has 0 radical (unpaired) electrons. The summed E-state index contributed by atoms with van der Waals surface area (Å²) in [6.45, 7) is 7.41. The van der Waals surface area contributed by atoms with Gasteiger partial charge >= 0.3 is 0 Å². The molecule has 3 heterocycles. The van der Waals surface area contributed by atoms with E-state index in [4.69, 9.17) is 9.47 Å². The summed E-state index contributed by atoms with van der Waals surface area (Å²) >= 11 is 0. The minimum Gasteiger partial charge on any atom is -0.380 e. The van der Waals surface area contributed by atoms with Gasteiger partial charge in [0.1, 0.15) is 6.23 Å². The number of rotatable bonds is 6. The molecule has 1 N–H and O–H groups in total. The third-order valence-corrected chi connectivity index (χ3v) is 4.93. The molecule has 2 atom stereocenters. The third kappa shape index (κ3) is 4.89. The zero-order valence-corrected chi connectivity index (χ0v) is 13.3. The Kier molecular flexibility index (Phi) is 6.30. The molecule has 3 rings (SSSR count). The van der Waals surface area contributed by atoms with Gasteiger partial charge in [0, 0.05) is 45.3 Å². The summed E-state index contributed by atoms with van der Waals surface area (Å²) < 4.78 is 11.5. The quantitative estimate of drug-likeness (QED) is 0.754. The molecule has 3 aliphatic rings. The molecular formula is C16H31N3O2. The summed E-state index contributed by atoms with van der Waals surface area (Å²) in [5.74, 6) is 0. The molecule has 122 valence electrons. The van der Waals surface area contributed by atoms with Gasteiger partial charge in [-0.15, -0.1) is 0 Å². The predicted octanol–water partition coefficient (Wildman–Crippen LogP) is 1.59. The van der Waals surface area contributed by atoms with E-state index in [1.165, 1.54) is 64.6 Å². The summed E-state index contributed by atoms with van der Waals surface area (Å²) in [6, 6.07) is 0.723. The van der Waals surface area contributed by atoms with Crippen molar-refractivity contribution in [2.75, 3.05) is 46.0 Å². The molecule has 0 aromatic carbocycles. The van der Waals surface area contributed by atoms with Crippen molar-refractivity contribution in [1.82, 2.24) is 15.3 Å². The lowest BCUT2D eigenvalue weighted by Crippen LogP contribution is -2.42. The first-order chi connectivity index (χ1) is 10.4. The highest BCUT2D eigenvalue weighted by molar-refractivity contribution is 4.83. The van der Waals surface area contributed by atoms with Crippen molar-refractivity contribution in [3.8, 4) is 0 Å². The van der Waals surface area contributed by atoms with Crippen LogP contribution in [0.1, 0.15) is 44.9 Å². The molecule has 0 amide bonds. The van der Waals surface area contributed by atoms with E-state index in [1.807, 2.05) is 0 Å². The number of hydrogen-bond acceptors (Lipinski definition) is 5. The Hall–Kier alpha value is -0.200. The summed E-state index contributed by atoms with van der Waals surface area (Å²) in [6.07, 6.45) is 9.07. The van der Waals surface area contributed by atoms with E-state index in [1.54, 1.807) is 0 Å². The normalized spacial score (nSPS) is 32.0. The van der Waals surface area contributed by atoms with Crippen LogP contribution in [0.4, 0.5) is 0 Å². The number of unbranched alkanes of at least 4 members (excludes halogenated alkanes) is 1. The fraction of sp³-hybridized carbons (Fsp3) is 1.00. The average molecular weight is 297 g/mol. The lowest BCUT2D eigenvalue weighted by atomic mass is 10.0. The van der Waals surface area contributed by atoms with Gasteiger partial charge in [0.05, 0.1) is 6.61 Å². The topological polar surface area (TPSA) is 37.0 Å². The van der Waals surface area contributed by atoms with E-state index >= 15 is 0 Å². The van der Waals surface area contributed by atoms with Gasteiger partial charge in [0.15, 0.2) is 0 Å². The average Bonchev–Trinajstić information content (AvgIpc) is 2.74. The second kappa shape index (κ2) is 8.44. The molecule has 3 saturated heterocycles. The van der Waals surface area contributed by atoms with Crippen molar-refractivity contribution in [2.24, 2.45) is 0 Å². The van der Waals surface area contributed by atoms with Gasteiger partial charge in [-0.05, 0) is 38.6 Å². The van der Waals surface area contributed by atoms with E-state index in [9.17, 15) is 0 Å². The number of hydrazine groups is 1. The van der Waals surface area contributed by atoms with Crippen molar-refractivity contribution < 1.29 is 9.47 Å². The molecule has 3 aliphatic heterocycles. The zero-order valence-electron chi connectivity index (χ0n) is 13.3. The maximum absolute atomic E-state index is 6.01. The zero-order chi connectivity index (χ0) is 14.3. The standard InChI is InChI=1S/C16H31N3O2/c1-2-9-19-15(6-1)14-16(17-19)21-12-4-3-7-18-8-5-11-20-13-10-18/h15-17H,1-14H2. The largest absolute Gasteiger partial charge is 0.380 e. The van der Waals surface area contributed by atoms with Gasteiger partial charge in [-0.2, -0.15) is 0 Å². The van der Waals surface area contributed by atoms with Crippen molar-refractivity contribution >= 4 is 0 Å². The minimum absolute atomic E-state index is 0.264. The van der Waals surface area contributed by atoms with E-state index < -0.39 is 0 Å².